The summed E-state index contributed by atoms with van der Waals surface area (Å²) in [6.07, 6.45) is 3.75. The molecule has 0 unspecified atom stereocenters. The Kier molecular flexibility index (Phi) is 7.45. The van der Waals surface area contributed by atoms with Crippen molar-refractivity contribution in [3.05, 3.63) is 53.6 Å². The summed E-state index contributed by atoms with van der Waals surface area (Å²) in [5, 5.41) is 11.8. The van der Waals surface area contributed by atoms with Crippen LogP contribution >= 0.6 is 0 Å². The van der Waals surface area contributed by atoms with E-state index in [4.69, 9.17) is 19.3 Å². The number of hydrogen-bond donors (Lipinski definition) is 2. The van der Waals surface area contributed by atoms with Gasteiger partial charge in [-0.1, -0.05) is 13.0 Å². The van der Waals surface area contributed by atoms with E-state index < -0.39 is 11.9 Å². The topological polar surface area (TPSA) is 94.1 Å². The molecule has 0 heterocycles. The highest BCUT2D eigenvalue weighted by Gasteiger charge is 2.11. The van der Waals surface area contributed by atoms with Gasteiger partial charge in [0.05, 0.1) is 32.1 Å². The molecule has 7 nitrogen and oxygen atoms in total. The Balaban J connectivity index is 2.18. The summed E-state index contributed by atoms with van der Waals surface area (Å²) in [4.78, 5) is 23.5. The maximum absolute atomic E-state index is 12.3. The minimum atomic E-state index is -1.08. The zero-order valence-corrected chi connectivity index (χ0v) is 16.0. The lowest BCUT2D eigenvalue weighted by molar-refractivity contribution is -0.111. The minimum absolute atomic E-state index is 0.0584. The van der Waals surface area contributed by atoms with E-state index in [1.807, 2.05) is 6.92 Å². The second-order valence-corrected chi connectivity index (χ2v) is 5.80. The summed E-state index contributed by atoms with van der Waals surface area (Å²) >= 11 is 0. The third kappa shape index (κ3) is 5.51. The van der Waals surface area contributed by atoms with Crippen LogP contribution in [0.2, 0.25) is 0 Å². The summed E-state index contributed by atoms with van der Waals surface area (Å²) in [6.45, 7) is 2.41. The number of methoxy groups -OCH3 is 2. The van der Waals surface area contributed by atoms with E-state index in [1.54, 1.807) is 31.4 Å². The SMILES string of the molecule is CCCOc1ccc(C(=O)O)cc1NC(=O)/C=C/c1ccc(OC)c(OC)c1. The first-order valence-electron chi connectivity index (χ1n) is 8.69. The van der Waals surface area contributed by atoms with E-state index in [1.165, 1.54) is 31.4 Å². The van der Waals surface area contributed by atoms with Crippen LogP contribution in [0, 0.1) is 0 Å². The monoisotopic (exact) mass is 385 g/mol. The number of carbonyl (C=O) groups is 2. The van der Waals surface area contributed by atoms with E-state index in [0.717, 1.165) is 12.0 Å². The van der Waals surface area contributed by atoms with Crippen molar-refractivity contribution in [2.24, 2.45) is 0 Å². The first kappa shape index (κ1) is 20.8. The van der Waals surface area contributed by atoms with Gasteiger partial charge in [-0.3, -0.25) is 4.79 Å². The number of hydrogen-bond acceptors (Lipinski definition) is 5. The summed E-state index contributed by atoms with van der Waals surface area (Å²) in [6, 6.07) is 9.60. The van der Waals surface area contributed by atoms with E-state index >= 15 is 0 Å². The molecule has 0 atom stereocenters. The molecule has 1 amide bonds. The van der Waals surface area contributed by atoms with E-state index in [-0.39, 0.29) is 5.56 Å². The van der Waals surface area contributed by atoms with Crippen molar-refractivity contribution in [1.29, 1.82) is 0 Å². The fraction of sp³-hybridized carbons (Fsp3) is 0.238. The van der Waals surface area contributed by atoms with Gasteiger partial charge in [-0.15, -0.1) is 0 Å². The summed E-state index contributed by atoms with van der Waals surface area (Å²) in [5.74, 6) is 0.0542. The number of ether oxygens (including phenoxy) is 3. The molecule has 7 heteroatoms. The molecule has 2 aromatic rings. The molecule has 0 fully saturated rings. The van der Waals surface area contributed by atoms with Crippen molar-refractivity contribution in [3.63, 3.8) is 0 Å². The van der Waals surface area contributed by atoms with E-state index in [9.17, 15) is 9.59 Å². The van der Waals surface area contributed by atoms with Gasteiger partial charge in [-0.2, -0.15) is 0 Å². The highest BCUT2D eigenvalue weighted by molar-refractivity contribution is 6.03. The van der Waals surface area contributed by atoms with Gasteiger partial charge in [-0.25, -0.2) is 4.79 Å². The Hall–Kier alpha value is -3.48. The van der Waals surface area contributed by atoms with Crippen molar-refractivity contribution < 1.29 is 28.9 Å². The quantitative estimate of drug-likeness (QED) is 0.637. The van der Waals surface area contributed by atoms with Crippen molar-refractivity contribution in [2.45, 2.75) is 13.3 Å². The number of rotatable bonds is 9. The Bertz CT molecular complexity index is 875. The predicted molar refractivity (Wildman–Crippen MR) is 106 cm³/mol. The van der Waals surface area contributed by atoms with Gasteiger partial charge in [0, 0.05) is 6.08 Å². The molecule has 0 saturated heterocycles. The zero-order chi connectivity index (χ0) is 20.5. The highest BCUT2D eigenvalue weighted by atomic mass is 16.5. The normalized spacial score (nSPS) is 10.5. The molecule has 0 spiro atoms. The molecule has 0 aliphatic rings. The fourth-order valence-electron chi connectivity index (χ4n) is 2.40. The lowest BCUT2D eigenvalue weighted by atomic mass is 10.1. The first-order chi connectivity index (χ1) is 13.5. The van der Waals surface area contributed by atoms with Crippen LogP contribution in [-0.2, 0) is 4.79 Å². The van der Waals surface area contributed by atoms with E-state index in [0.29, 0.717) is 29.5 Å². The number of carbonyl (C=O) groups excluding carboxylic acids is 1. The van der Waals surface area contributed by atoms with E-state index in [2.05, 4.69) is 5.32 Å². The van der Waals surface area contributed by atoms with Crippen molar-refractivity contribution in [2.75, 3.05) is 26.1 Å². The summed E-state index contributed by atoms with van der Waals surface area (Å²) < 4.78 is 16.0. The molecule has 0 radical (unpaired) electrons. The smallest absolute Gasteiger partial charge is 0.335 e. The molecule has 0 aliphatic heterocycles. The number of aromatic carboxylic acids is 1. The number of nitrogens with one attached hydrogen (secondary N) is 1. The number of carboxylic acids is 1. The van der Waals surface area contributed by atoms with Crippen molar-refractivity contribution >= 4 is 23.6 Å². The van der Waals surface area contributed by atoms with Crippen LogP contribution in [0.25, 0.3) is 6.08 Å². The molecule has 148 valence electrons. The number of amides is 1. The van der Waals surface area contributed by atoms with Crippen LogP contribution in [-0.4, -0.2) is 37.8 Å². The number of carboxylic acid groups (broad SMARTS) is 1. The van der Waals surface area contributed by atoms with Crippen LogP contribution in [0.1, 0.15) is 29.3 Å². The van der Waals surface area contributed by atoms with Crippen LogP contribution in [0.3, 0.4) is 0 Å². The van der Waals surface area contributed by atoms with Gasteiger partial charge in [0.1, 0.15) is 5.75 Å². The van der Waals surface area contributed by atoms with Crippen LogP contribution in [0.5, 0.6) is 17.2 Å². The van der Waals surface area contributed by atoms with Crippen LogP contribution in [0.4, 0.5) is 5.69 Å². The minimum Gasteiger partial charge on any atom is -0.493 e. The molecule has 0 aromatic heterocycles. The lowest BCUT2D eigenvalue weighted by Crippen LogP contribution is -2.11. The molecular formula is C21H23NO6. The Morgan fingerprint density at radius 1 is 1.04 bits per heavy atom. The van der Waals surface area contributed by atoms with Crippen LogP contribution in [0.15, 0.2) is 42.5 Å². The lowest BCUT2D eigenvalue weighted by Gasteiger charge is -2.12. The molecule has 0 bridgehead atoms. The Labute approximate surface area is 163 Å². The first-order valence-corrected chi connectivity index (χ1v) is 8.69. The number of benzene rings is 2. The average Bonchev–Trinajstić information content (AvgIpc) is 2.70. The predicted octanol–water partition coefficient (Wildman–Crippen LogP) is 3.84. The zero-order valence-electron chi connectivity index (χ0n) is 16.0. The molecular weight excluding hydrogens is 362 g/mol. The van der Waals surface area contributed by atoms with Gasteiger partial charge in [0.25, 0.3) is 0 Å². The van der Waals surface area contributed by atoms with Crippen LogP contribution < -0.4 is 19.5 Å². The second-order valence-electron chi connectivity index (χ2n) is 5.80. The van der Waals surface area contributed by atoms with Gasteiger partial charge in [0.15, 0.2) is 11.5 Å². The number of anilines is 1. The molecule has 2 rings (SSSR count). The van der Waals surface area contributed by atoms with Gasteiger partial charge in [0.2, 0.25) is 5.91 Å². The second kappa shape index (κ2) is 10.0. The molecule has 0 saturated carbocycles. The Morgan fingerprint density at radius 2 is 1.75 bits per heavy atom. The summed E-state index contributed by atoms with van der Waals surface area (Å²) in [7, 11) is 3.08. The van der Waals surface area contributed by atoms with Gasteiger partial charge < -0.3 is 24.6 Å². The molecule has 28 heavy (non-hydrogen) atoms. The average molecular weight is 385 g/mol. The fourth-order valence-corrected chi connectivity index (χ4v) is 2.40. The van der Waals surface area contributed by atoms with Crippen molar-refractivity contribution in [3.8, 4) is 17.2 Å². The maximum atomic E-state index is 12.3. The molecule has 2 aromatic carbocycles. The largest absolute Gasteiger partial charge is 0.493 e. The van der Waals surface area contributed by atoms with Crippen molar-refractivity contribution in [1.82, 2.24) is 0 Å². The molecule has 2 N–H and O–H groups in total. The summed E-state index contributed by atoms with van der Waals surface area (Å²) in [5.41, 5.74) is 1.10. The standard InChI is InChI=1S/C21H23NO6/c1-4-11-28-17-9-7-15(21(24)25)13-16(17)22-20(23)10-6-14-5-8-18(26-2)19(12-14)27-3/h5-10,12-13H,4,11H2,1-3H3,(H,22,23)(H,24,25)/b10-6+. The third-order valence-corrected chi connectivity index (χ3v) is 3.78. The maximum Gasteiger partial charge on any atom is 0.335 e. The Morgan fingerprint density at radius 3 is 2.39 bits per heavy atom. The van der Waals surface area contributed by atoms with Gasteiger partial charge >= 0.3 is 5.97 Å². The highest BCUT2D eigenvalue weighted by Crippen LogP contribution is 2.28. The third-order valence-electron chi connectivity index (χ3n) is 3.78. The van der Waals surface area contributed by atoms with Gasteiger partial charge in [-0.05, 0) is 48.4 Å². The molecule has 0 aliphatic carbocycles.